The van der Waals surface area contributed by atoms with E-state index in [0.29, 0.717) is 29.4 Å². The number of phenolic OH excluding ortho intramolecular Hbond substituents is 1. The Bertz CT molecular complexity index is 1120. The van der Waals surface area contributed by atoms with E-state index in [1.807, 2.05) is 13.0 Å². The van der Waals surface area contributed by atoms with Crippen molar-refractivity contribution >= 4 is 29.2 Å². The highest BCUT2D eigenvalue weighted by Crippen LogP contribution is 2.42. The fourth-order valence-electron chi connectivity index (χ4n) is 3.17. The van der Waals surface area contributed by atoms with Crippen molar-refractivity contribution in [2.75, 3.05) is 11.9 Å². The van der Waals surface area contributed by atoms with Crippen LogP contribution in [0.2, 0.25) is 5.15 Å². The molecule has 3 aromatic rings. The fraction of sp³-hybridized carbons (Fsp3) is 0.238. The number of aromatic hydroxyl groups is 1. The van der Waals surface area contributed by atoms with E-state index in [1.54, 1.807) is 24.3 Å². The third-order valence-electron chi connectivity index (χ3n) is 4.79. The largest absolute Gasteiger partial charge is 0.507 e. The zero-order valence-corrected chi connectivity index (χ0v) is 17.0. The molecule has 1 saturated carbocycles. The smallest absolute Gasteiger partial charge is 0.342 e. The number of anilines is 1. The minimum absolute atomic E-state index is 0.0621. The molecule has 0 unspecified atom stereocenters. The number of hydrogen-bond donors (Lipinski definition) is 3. The van der Waals surface area contributed by atoms with E-state index in [4.69, 9.17) is 11.6 Å². The number of pyridine rings is 1. The molecule has 3 N–H and O–H groups in total. The summed E-state index contributed by atoms with van der Waals surface area (Å²) in [6.07, 6.45) is 3.52. The summed E-state index contributed by atoms with van der Waals surface area (Å²) in [5.74, 6) is -0.191. The van der Waals surface area contributed by atoms with Gasteiger partial charge in [0.05, 0.1) is 17.0 Å². The van der Waals surface area contributed by atoms with Crippen molar-refractivity contribution in [3.63, 3.8) is 0 Å². The molecule has 0 radical (unpaired) electrons. The highest BCUT2D eigenvalue weighted by molar-refractivity contribution is 6.33. The Balaban J connectivity index is 1.59. The number of carbonyl (C=O) groups excluding carboxylic acids is 2. The standard InChI is InChI=1S/C21H20ClN5O3/c1-2-23-21(30)27-17(12-5-6-12)11-16(26-27)14-8-7-13(10-18(14)28)25-20(29)15-4-3-9-24-19(15)22/h3-4,7-12,28H,2,5-6H2,1H3,(H,23,30)(H,25,29). The van der Waals surface area contributed by atoms with Gasteiger partial charge in [-0.25, -0.2) is 9.78 Å². The Hall–Kier alpha value is -3.39. The van der Waals surface area contributed by atoms with Crippen LogP contribution in [0, 0.1) is 0 Å². The number of amides is 2. The quantitative estimate of drug-likeness (QED) is 0.535. The molecule has 1 aliphatic carbocycles. The molecule has 154 valence electrons. The molecule has 0 aliphatic heterocycles. The van der Waals surface area contributed by atoms with Gasteiger partial charge in [-0.05, 0) is 50.1 Å². The summed E-state index contributed by atoms with van der Waals surface area (Å²) in [4.78, 5) is 28.6. The Kier molecular flexibility index (Phi) is 5.41. The van der Waals surface area contributed by atoms with Crippen LogP contribution >= 0.6 is 11.6 Å². The van der Waals surface area contributed by atoms with Crippen LogP contribution < -0.4 is 10.6 Å². The Morgan fingerprint density at radius 3 is 2.73 bits per heavy atom. The summed E-state index contributed by atoms with van der Waals surface area (Å²) in [7, 11) is 0. The summed E-state index contributed by atoms with van der Waals surface area (Å²) in [5.41, 5.74) is 2.43. The predicted octanol–water partition coefficient (Wildman–Crippen LogP) is 4.01. The van der Waals surface area contributed by atoms with Crippen LogP contribution in [0.25, 0.3) is 11.3 Å². The second-order valence-electron chi connectivity index (χ2n) is 7.00. The predicted molar refractivity (Wildman–Crippen MR) is 113 cm³/mol. The SMILES string of the molecule is CCNC(=O)n1nc(-c2ccc(NC(=O)c3cccnc3Cl)cc2O)cc1C1CC1. The first-order valence-corrected chi connectivity index (χ1v) is 9.99. The number of nitrogens with zero attached hydrogens (tertiary/aromatic N) is 3. The van der Waals surface area contributed by atoms with Crippen molar-refractivity contribution in [1.29, 1.82) is 0 Å². The third kappa shape index (κ3) is 3.99. The lowest BCUT2D eigenvalue weighted by molar-refractivity contribution is 0.102. The number of nitrogens with one attached hydrogen (secondary N) is 2. The molecule has 8 nitrogen and oxygen atoms in total. The van der Waals surface area contributed by atoms with E-state index >= 15 is 0 Å². The van der Waals surface area contributed by atoms with Crippen LogP contribution in [-0.4, -0.2) is 38.4 Å². The van der Waals surface area contributed by atoms with Crippen molar-refractivity contribution in [2.24, 2.45) is 0 Å². The number of hydrogen-bond acceptors (Lipinski definition) is 5. The first-order valence-electron chi connectivity index (χ1n) is 9.61. The van der Waals surface area contributed by atoms with Crippen molar-refractivity contribution in [1.82, 2.24) is 20.1 Å². The molecule has 1 aliphatic rings. The van der Waals surface area contributed by atoms with Crippen LogP contribution in [0.3, 0.4) is 0 Å². The van der Waals surface area contributed by atoms with Crippen molar-refractivity contribution in [3.8, 4) is 17.0 Å². The monoisotopic (exact) mass is 425 g/mol. The lowest BCUT2D eigenvalue weighted by Gasteiger charge is -2.08. The first kappa shape index (κ1) is 19.9. The number of rotatable bonds is 5. The first-order chi connectivity index (χ1) is 14.5. The maximum absolute atomic E-state index is 12.4. The van der Waals surface area contributed by atoms with Crippen molar-refractivity contribution < 1.29 is 14.7 Å². The van der Waals surface area contributed by atoms with E-state index in [-0.39, 0.29) is 22.5 Å². The second-order valence-corrected chi connectivity index (χ2v) is 7.36. The Morgan fingerprint density at radius 1 is 1.27 bits per heavy atom. The van der Waals surface area contributed by atoms with Gasteiger partial charge in [-0.2, -0.15) is 9.78 Å². The van der Waals surface area contributed by atoms with Crippen LogP contribution in [0.5, 0.6) is 5.75 Å². The van der Waals surface area contributed by atoms with Crippen LogP contribution in [0.4, 0.5) is 10.5 Å². The van der Waals surface area contributed by atoms with Crippen LogP contribution in [0.1, 0.15) is 41.7 Å². The zero-order valence-electron chi connectivity index (χ0n) is 16.2. The van der Waals surface area contributed by atoms with Gasteiger partial charge >= 0.3 is 6.03 Å². The maximum atomic E-state index is 12.4. The highest BCUT2D eigenvalue weighted by atomic mass is 35.5. The molecule has 0 bridgehead atoms. The summed E-state index contributed by atoms with van der Waals surface area (Å²) >= 11 is 5.95. The average Bonchev–Trinajstić information content (AvgIpc) is 3.47. The van der Waals surface area contributed by atoms with Gasteiger partial charge < -0.3 is 15.7 Å². The molecule has 1 aromatic carbocycles. The van der Waals surface area contributed by atoms with Gasteiger partial charge in [0.15, 0.2) is 0 Å². The van der Waals surface area contributed by atoms with Gasteiger partial charge in [-0.15, -0.1) is 0 Å². The Labute approximate surface area is 177 Å². The highest BCUT2D eigenvalue weighted by Gasteiger charge is 2.30. The van der Waals surface area contributed by atoms with Gasteiger partial charge in [0.1, 0.15) is 10.9 Å². The summed E-state index contributed by atoms with van der Waals surface area (Å²) in [6.45, 7) is 2.34. The number of benzene rings is 1. The van der Waals surface area contributed by atoms with E-state index < -0.39 is 5.91 Å². The van der Waals surface area contributed by atoms with E-state index in [9.17, 15) is 14.7 Å². The van der Waals surface area contributed by atoms with Gasteiger partial charge in [-0.3, -0.25) is 4.79 Å². The summed E-state index contributed by atoms with van der Waals surface area (Å²) < 4.78 is 1.37. The van der Waals surface area contributed by atoms with Gasteiger partial charge in [0, 0.05) is 36.0 Å². The zero-order chi connectivity index (χ0) is 21.3. The molecule has 9 heteroatoms. The summed E-state index contributed by atoms with van der Waals surface area (Å²) in [6, 6.07) is 9.45. The molecular weight excluding hydrogens is 406 g/mol. The number of phenols is 1. The lowest BCUT2D eigenvalue weighted by atomic mass is 10.1. The average molecular weight is 426 g/mol. The topological polar surface area (TPSA) is 109 Å². The van der Waals surface area contributed by atoms with Gasteiger partial charge in [-0.1, -0.05) is 11.6 Å². The molecule has 0 saturated heterocycles. The molecule has 0 spiro atoms. The van der Waals surface area contributed by atoms with Crippen LogP contribution in [0.15, 0.2) is 42.6 Å². The van der Waals surface area contributed by atoms with Crippen molar-refractivity contribution in [2.45, 2.75) is 25.7 Å². The Morgan fingerprint density at radius 2 is 2.07 bits per heavy atom. The molecule has 30 heavy (non-hydrogen) atoms. The minimum atomic E-state index is -0.434. The fourth-order valence-corrected chi connectivity index (χ4v) is 3.37. The maximum Gasteiger partial charge on any atom is 0.342 e. The molecule has 4 rings (SSSR count). The molecule has 2 aromatic heterocycles. The molecule has 0 atom stereocenters. The van der Waals surface area contributed by atoms with E-state index in [0.717, 1.165) is 18.5 Å². The lowest BCUT2D eigenvalue weighted by Crippen LogP contribution is -2.30. The third-order valence-corrected chi connectivity index (χ3v) is 5.09. The van der Waals surface area contributed by atoms with Gasteiger partial charge in [0.2, 0.25) is 0 Å². The number of halogens is 1. The summed E-state index contributed by atoms with van der Waals surface area (Å²) in [5, 5.41) is 20.5. The van der Waals surface area contributed by atoms with Gasteiger partial charge in [0.25, 0.3) is 5.91 Å². The van der Waals surface area contributed by atoms with Crippen LogP contribution in [-0.2, 0) is 0 Å². The molecule has 1 fully saturated rings. The molecular formula is C21H20ClN5O3. The van der Waals surface area contributed by atoms with Crippen molar-refractivity contribution in [3.05, 3.63) is 59.0 Å². The van der Waals surface area contributed by atoms with E-state index in [1.165, 1.54) is 16.9 Å². The number of aromatic nitrogens is 3. The van der Waals surface area contributed by atoms with E-state index in [2.05, 4.69) is 20.7 Å². The minimum Gasteiger partial charge on any atom is -0.507 e. The molecule has 2 heterocycles. The second kappa shape index (κ2) is 8.16. The molecule has 2 amide bonds. The normalized spacial score (nSPS) is 13.1. The number of carbonyl (C=O) groups is 2.